The van der Waals surface area contributed by atoms with Crippen LogP contribution in [-0.4, -0.2) is 25.5 Å². The Morgan fingerprint density at radius 1 is 1.42 bits per heavy atom. The third-order valence-corrected chi connectivity index (χ3v) is 2.07. The molecule has 1 fully saturated rings. The highest BCUT2D eigenvalue weighted by Gasteiger charge is 2.26. The quantitative estimate of drug-likeness (QED) is 0.368. The zero-order valence-electron chi connectivity index (χ0n) is 7.30. The van der Waals surface area contributed by atoms with Crippen molar-refractivity contribution in [2.75, 3.05) is 13.2 Å². The first-order valence-electron chi connectivity index (χ1n) is 4.03. The van der Waals surface area contributed by atoms with Gasteiger partial charge in [0.25, 0.3) is 0 Å². The molecule has 0 saturated carbocycles. The van der Waals surface area contributed by atoms with Crippen LogP contribution in [0.3, 0.4) is 0 Å². The molecule has 12 heavy (non-hydrogen) atoms. The molecule has 0 aromatic rings. The molecule has 0 N–H and O–H groups in total. The second-order valence-electron chi connectivity index (χ2n) is 2.91. The third kappa shape index (κ3) is 2.11. The third-order valence-electron chi connectivity index (χ3n) is 2.07. The van der Waals surface area contributed by atoms with Crippen molar-refractivity contribution >= 4 is 0 Å². The second kappa shape index (κ2) is 4.30. The molecule has 5 heteroatoms. The average molecular weight is 171 g/mol. The lowest BCUT2D eigenvalue weighted by Gasteiger charge is -2.20. The smallest absolute Gasteiger partial charge is 0.160 e. The summed E-state index contributed by atoms with van der Waals surface area (Å²) < 4.78 is 10.6. The van der Waals surface area contributed by atoms with Gasteiger partial charge in [-0.05, 0) is 5.53 Å². The average Bonchev–Trinajstić information content (AvgIpc) is 2.55. The van der Waals surface area contributed by atoms with E-state index in [1.54, 1.807) is 0 Å². The molecule has 2 atom stereocenters. The zero-order valence-corrected chi connectivity index (χ0v) is 7.30. The minimum Gasteiger partial charge on any atom is -0.350 e. The lowest BCUT2D eigenvalue weighted by molar-refractivity contribution is -0.0829. The molecule has 5 nitrogen and oxygen atoms in total. The van der Waals surface area contributed by atoms with Gasteiger partial charge in [0.2, 0.25) is 0 Å². The van der Waals surface area contributed by atoms with Gasteiger partial charge in [-0.2, -0.15) is 0 Å². The fraction of sp³-hybridized carbons (Fsp3) is 1.00. The first-order valence-corrected chi connectivity index (χ1v) is 4.03. The summed E-state index contributed by atoms with van der Waals surface area (Å²) in [4.78, 5) is 2.74. The number of rotatable bonds is 3. The number of hydrogen-bond donors (Lipinski definition) is 0. The van der Waals surface area contributed by atoms with Gasteiger partial charge in [0.15, 0.2) is 6.29 Å². The maximum Gasteiger partial charge on any atom is 0.160 e. The SMILES string of the molecule is C[C@H](C1OCCO1)[C@@H](C)N=[N+]=[N-]. The van der Waals surface area contributed by atoms with Crippen molar-refractivity contribution in [3.8, 4) is 0 Å². The molecule has 0 aromatic heterocycles. The summed E-state index contributed by atoms with van der Waals surface area (Å²) in [6.07, 6.45) is -0.203. The molecule has 0 unspecified atom stereocenters. The molecule has 0 spiro atoms. The minimum absolute atomic E-state index is 0.0851. The van der Waals surface area contributed by atoms with E-state index in [-0.39, 0.29) is 18.2 Å². The maximum atomic E-state index is 8.21. The molecule has 0 aromatic carbocycles. The molecule has 1 rings (SSSR count). The first-order chi connectivity index (χ1) is 5.75. The zero-order chi connectivity index (χ0) is 8.97. The molecule has 0 amide bonds. The van der Waals surface area contributed by atoms with Crippen molar-refractivity contribution in [2.45, 2.75) is 26.2 Å². The van der Waals surface area contributed by atoms with E-state index in [4.69, 9.17) is 15.0 Å². The summed E-state index contributed by atoms with van der Waals surface area (Å²) in [5.41, 5.74) is 8.21. The summed E-state index contributed by atoms with van der Waals surface area (Å²) in [6, 6.07) is -0.0851. The van der Waals surface area contributed by atoms with Gasteiger partial charge < -0.3 is 9.47 Å². The lowest BCUT2D eigenvalue weighted by Crippen LogP contribution is -2.26. The Bertz CT molecular complexity index is 185. The van der Waals surface area contributed by atoms with E-state index in [1.807, 2.05) is 13.8 Å². The van der Waals surface area contributed by atoms with Crippen molar-refractivity contribution in [3.05, 3.63) is 10.4 Å². The van der Waals surface area contributed by atoms with E-state index in [1.165, 1.54) is 0 Å². The Morgan fingerprint density at radius 2 is 2.00 bits per heavy atom. The largest absolute Gasteiger partial charge is 0.350 e. The standard InChI is InChI=1S/C7H13N3O2/c1-5(6(2)9-10-8)7-11-3-4-12-7/h5-7H,3-4H2,1-2H3/t5-,6+/m0/s1. The molecule has 1 saturated heterocycles. The van der Waals surface area contributed by atoms with Crippen molar-refractivity contribution in [1.82, 2.24) is 0 Å². The van der Waals surface area contributed by atoms with Gasteiger partial charge in [0, 0.05) is 16.9 Å². The maximum absolute atomic E-state index is 8.21. The predicted molar refractivity (Wildman–Crippen MR) is 43.5 cm³/mol. The molecule has 0 aliphatic carbocycles. The van der Waals surface area contributed by atoms with E-state index in [9.17, 15) is 0 Å². The van der Waals surface area contributed by atoms with Crippen LogP contribution < -0.4 is 0 Å². The Hall–Kier alpha value is -0.770. The van der Waals surface area contributed by atoms with Gasteiger partial charge in [-0.1, -0.05) is 19.0 Å². The van der Waals surface area contributed by atoms with Crippen molar-refractivity contribution in [3.63, 3.8) is 0 Å². The molecular formula is C7H13N3O2. The molecule has 0 bridgehead atoms. The van der Waals surface area contributed by atoms with Gasteiger partial charge in [-0.25, -0.2) is 0 Å². The molecule has 0 radical (unpaired) electrons. The van der Waals surface area contributed by atoms with Gasteiger partial charge >= 0.3 is 0 Å². The number of ether oxygens (including phenoxy) is 2. The van der Waals surface area contributed by atoms with Crippen LogP contribution in [0.4, 0.5) is 0 Å². The highest BCUT2D eigenvalue weighted by atomic mass is 16.7. The first kappa shape index (κ1) is 9.32. The summed E-state index contributed by atoms with van der Waals surface area (Å²) in [6.45, 7) is 5.08. The summed E-state index contributed by atoms with van der Waals surface area (Å²) in [7, 11) is 0. The number of nitrogens with zero attached hydrogens (tertiary/aromatic N) is 3. The van der Waals surface area contributed by atoms with E-state index < -0.39 is 0 Å². The van der Waals surface area contributed by atoms with E-state index in [2.05, 4.69) is 10.0 Å². The summed E-state index contributed by atoms with van der Waals surface area (Å²) in [5.74, 6) is 0.114. The topological polar surface area (TPSA) is 67.2 Å². The van der Waals surface area contributed by atoms with Crippen LogP contribution in [0.2, 0.25) is 0 Å². The normalized spacial score (nSPS) is 23.2. The highest BCUT2D eigenvalue weighted by Crippen LogP contribution is 2.19. The fourth-order valence-electron chi connectivity index (χ4n) is 1.09. The van der Waals surface area contributed by atoms with Gasteiger partial charge in [-0.15, -0.1) is 0 Å². The van der Waals surface area contributed by atoms with Crippen LogP contribution in [0.15, 0.2) is 5.11 Å². The van der Waals surface area contributed by atoms with E-state index in [0.717, 1.165) is 0 Å². The highest BCUT2D eigenvalue weighted by molar-refractivity contribution is 4.73. The fourth-order valence-corrected chi connectivity index (χ4v) is 1.09. The lowest BCUT2D eigenvalue weighted by atomic mass is 10.0. The van der Waals surface area contributed by atoms with Gasteiger partial charge in [0.05, 0.1) is 13.2 Å². The minimum atomic E-state index is -0.203. The Labute approximate surface area is 71.3 Å². The van der Waals surface area contributed by atoms with Crippen molar-refractivity contribution < 1.29 is 9.47 Å². The Morgan fingerprint density at radius 3 is 2.50 bits per heavy atom. The van der Waals surface area contributed by atoms with E-state index >= 15 is 0 Å². The van der Waals surface area contributed by atoms with E-state index in [0.29, 0.717) is 13.2 Å². The monoisotopic (exact) mass is 171 g/mol. The van der Waals surface area contributed by atoms with Crippen LogP contribution in [0.1, 0.15) is 13.8 Å². The molecule has 1 aliphatic heterocycles. The van der Waals surface area contributed by atoms with Crippen LogP contribution in [0.5, 0.6) is 0 Å². The van der Waals surface area contributed by atoms with Crippen LogP contribution in [0, 0.1) is 5.92 Å². The molecular weight excluding hydrogens is 158 g/mol. The number of azide groups is 1. The molecule has 1 aliphatic rings. The van der Waals surface area contributed by atoms with Crippen LogP contribution in [-0.2, 0) is 9.47 Å². The van der Waals surface area contributed by atoms with Crippen molar-refractivity contribution in [1.29, 1.82) is 0 Å². The van der Waals surface area contributed by atoms with Crippen molar-refractivity contribution in [2.24, 2.45) is 11.0 Å². The number of hydrogen-bond acceptors (Lipinski definition) is 3. The Kier molecular flexibility index (Phi) is 3.34. The second-order valence-corrected chi connectivity index (χ2v) is 2.91. The van der Waals surface area contributed by atoms with Crippen LogP contribution >= 0.6 is 0 Å². The molecule has 68 valence electrons. The summed E-state index contributed by atoms with van der Waals surface area (Å²) >= 11 is 0. The Balaban J connectivity index is 2.44. The van der Waals surface area contributed by atoms with Gasteiger partial charge in [-0.3, -0.25) is 0 Å². The van der Waals surface area contributed by atoms with Gasteiger partial charge in [0.1, 0.15) is 0 Å². The predicted octanol–water partition coefficient (Wildman–Crippen LogP) is 1.69. The summed E-state index contributed by atoms with van der Waals surface area (Å²) in [5, 5.41) is 3.59. The molecule has 1 heterocycles. The van der Waals surface area contributed by atoms with Crippen LogP contribution in [0.25, 0.3) is 10.4 Å².